The minimum atomic E-state index is -0.176. The lowest BCUT2D eigenvalue weighted by atomic mass is 10.2. The molecule has 0 saturated carbocycles. The van der Waals surface area contributed by atoms with Crippen molar-refractivity contribution >= 4 is 17.5 Å². The predicted molar refractivity (Wildman–Crippen MR) is 89.4 cm³/mol. The van der Waals surface area contributed by atoms with Crippen LogP contribution in [0.1, 0.15) is 13.3 Å². The molecule has 0 unspecified atom stereocenters. The smallest absolute Gasteiger partial charge is 0.247 e. The third kappa shape index (κ3) is 3.67. The zero-order valence-electron chi connectivity index (χ0n) is 13.2. The molecule has 6 nitrogen and oxygen atoms in total. The van der Waals surface area contributed by atoms with Gasteiger partial charge in [0, 0.05) is 32.7 Å². The second-order valence-electron chi connectivity index (χ2n) is 5.49. The highest BCUT2D eigenvalue weighted by Gasteiger charge is 2.21. The fraction of sp³-hybridized carbons (Fsp3) is 0.438. The second kappa shape index (κ2) is 7.21. The molecule has 1 aromatic carbocycles. The Hall–Kier alpha value is -2.44. The number of anilines is 3. The molecule has 0 aliphatic carbocycles. The number of benzene rings is 1. The first-order valence-electron chi connectivity index (χ1n) is 7.96. The minimum absolute atomic E-state index is 0.176. The van der Waals surface area contributed by atoms with E-state index < -0.39 is 0 Å². The Morgan fingerprint density at radius 3 is 2.61 bits per heavy atom. The minimum Gasteiger partial charge on any atom is -0.369 e. The number of nitrogens with one attached hydrogen (secondary N) is 1. The molecular formula is C16H21FN6. The summed E-state index contributed by atoms with van der Waals surface area (Å²) in [5, 5.41) is 11.3. The van der Waals surface area contributed by atoms with Gasteiger partial charge in [0.05, 0.1) is 11.9 Å². The highest BCUT2D eigenvalue weighted by molar-refractivity contribution is 5.50. The van der Waals surface area contributed by atoms with Gasteiger partial charge in [-0.2, -0.15) is 10.1 Å². The molecule has 1 fully saturated rings. The maximum atomic E-state index is 13.9. The number of hydrogen-bond acceptors (Lipinski definition) is 6. The van der Waals surface area contributed by atoms with E-state index in [4.69, 9.17) is 0 Å². The van der Waals surface area contributed by atoms with Crippen LogP contribution < -0.4 is 15.1 Å². The van der Waals surface area contributed by atoms with Gasteiger partial charge in [0.25, 0.3) is 0 Å². The Kier molecular flexibility index (Phi) is 4.85. The number of rotatable bonds is 5. The summed E-state index contributed by atoms with van der Waals surface area (Å²) in [4.78, 5) is 8.64. The van der Waals surface area contributed by atoms with Gasteiger partial charge < -0.3 is 15.1 Å². The van der Waals surface area contributed by atoms with Crippen molar-refractivity contribution < 1.29 is 4.39 Å². The van der Waals surface area contributed by atoms with Crippen LogP contribution in [0.5, 0.6) is 0 Å². The van der Waals surface area contributed by atoms with Crippen molar-refractivity contribution in [3.8, 4) is 0 Å². The molecule has 0 amide bonds. The van der Waals surface area contributed by atoms with Gasteiger partial charge in [0.2, 0.25) is 5.95 Å². The molecule has 0 atom stereocenters. The summed E-state index contributed by atoms with van der Waals surface area (Å²) in [5.74, 6) is 1.19. The molecule has 1 aromatic heterocycles. The van der Waals surface area contributed by atoms with Gasteiger partial charge in [0.15, 0.2) is 5.82 Å². The van der Waals surface area contributed by atoms with Crippen molar-refractivity contribution in [1.82, 2.24) is 15.2 Å². The maximum Gasteiger partial charge on any atom is 0.247 e. The summed E-state index contributed by atoms with van der Waals surface area (Å²) in [6.45, 7) is 5.91. The normalized spacial score (nSPS) is 14.9. The molecule has 0 radical (unpaired) electrons. The van der Waals surface area contributed by atoms with E-state index in [0.29, 0.717) is 11.6 Å². The van der Waals surface area contributed by atoms with E-state index in [-0.39, 0.29) is 5.82 Å². The van der Waals surface area contributed by atoms with Crippen molar-refractivity contribution in [3.63, 3.8) is 0 Å². The zero-order chi connectivity index (χ0) is 16.1. The van der Waals surface area contributed by atoms with Crippen LogP contribution >= 0.6 is 0 Å². The maximum absolute atomic E-state index is 13.9. The lowest BCUT2D eigenvalue weighted by molar-refractivity contribution is 0.592. The zero-order valence-corrected chi connectivity index (χ0v) is 13.2. The molecular weight excluding hydrogens is 295 g/mol. The Bertz CT molecular complexity index is 642. The molecule has 0 bridgehead atoms. The van der Waals surface area contributed by atoms with Gasteiger partial charge in [0.1, 0.15) is 5.82 Å². The molecule has 0 spiro atoms. The number of halogens is 1. The van der Waals surface area contributed by atoms with Gasteiger partial charge in [-0.1, -0.05) is 19.1 Å². The van der Waals surface area contributed by atoms with Crippen molar-refractivity contribution in [2.24, 2.45) is 0 Å². The van der Waals surface area contributed by atoms with E-state index in [1.165, 1.54) is 6.07 Å². The predicted octanol–water partition coefficient (Wildman–Crippen LogP) is 2.16. The van der Waals surface area contributed by atoms with E-state index in [0.717, 1.165) is 45.0 Å². The molecule has 2 aromatic rings. The van der Waals surface area contributed by atoms with Crippen molar-refractivity contribution in [1.29, 1.82) is 0 Å². The van der Waals surface area contributed by atoms with Crippen molar-refractivity contribution in [2.45, 2.75) is 13.3 Å². The van der Waals surface area contributed by atoms with E-state index in [2.05, 4.69) is 37.2 Å². The van der Waals surface area contributed by atoms with Crippen molar-refractivity contribution in [2.75, 3.05) is 47.8 Å². The molecule has 1 aliphatic heterocycles. The molecule has 23 heavy (non-hydrogen) atoms. The number of para-hydroxylation sites is 1. The quantitative estimate of drug-likeness (QED) is 0.912. The molecule has 1 aliphatic rings. The van der Waals surface area contributed by atoms with E-state index in [9.17, 15) is 4.39 Å². The first-order chi connectivity index (χ1) is 11.3. The molecule has 7 heteroatoms. The molecule has 1 saturated heterocycles. The summed E-state index contributed by atoms with van der Waals surface area (Å²) in [7, 11) is 0. The standard InChI is InChI=1S/C16H21FN6/c1-2-7-18-15-12-19-21-16(20-15)23-10-8-22(9-11-23)14-6-4-3-5-13(14)17/h3-6,12H,2,7-11H2,1H3,(H,18,20,21). The summed E-state index contributed by atoms with van der Waals surface area (Å²) in [5.41, 5.74) is 0.657. The number of hydrogen-bond donors (Lipinski definition) is 1. The highest BCUT2D eigenvalue weighted by Crippen LogP contribution is 2.21. The van der Waals surface area contributed by atoms with Crippen LogP contribution in [0.3, 0.4) is 0 Å². The van der Waals surface area contributed by atoms with Crippen LogP contribution in [0, 0.1) is 5.82 Å². The van der Waals surface area contributed by atoms with Crippen LogP contribution in [0.4, 0.5) is 21.8 Å². The Balaban J connectivity index is 1.64. The highest BCUT2D eigenvalue weighted by atomic mass is 19.1. The number of nitrogens with zero attached hydrogens (tertiary/aromatic N) is 5. The van der Waals surface area contributed by atoms with Gasteiger partial charge in [-0.25, -0.2) is 4.39 Å². The van der Waals surface area contributed by atoms with E-state index >= 15 is 0 Å². The van der Waals surface area contributed by atoms with Crippen LogP contribution in [-0.2, 0) is 0 Å². The van der Waals surface area contributed by atoms with Crippen LogP contribution in [-0.4, -0.2) is 47.9 Å². The molecule has 3 rings (SSSR count). The summed E-state index contributed by atoms with van der Waals surface area (Å²) < 4.78 is 13.9. The fourth-order valence-electron chi connectivity index (χ4n) is 2.62. The van der Waals surface area contributed by atoms with E-state index in [1.54, 1.807) is 12.3 Å². The Labute approximate surface area is 135 Å². The summed E-state index contributed by atoms with van der Waals surface area (Å²) in [6, 6.07) is 6.89. The van der Waals surface area contributed by atoms with Gasteiger partial charge in [-0.3, -0.25) is 0 Å². The number of piperazine rings is 1. The topological polar surface area (TPSA) is 57.2 Å². The average molecular weight is 316 g/mol. The monoisotopic (exact) mass is 316 g/mol. The molecule has 1 N–H and O–H groups in total. The summed E-state index contributed by atoms with van der Waals surface area (Å²) >= 11 is 0. The lowest BCUT2D eigenvalue weighted by Gasteiger charge is -2.36. The van der Waals surface area contributed by atoms with Crippen LogP contribution in [0.15, 0.2) is 30.5 Å². The first kappa shape index (κ1) is 15.5. The first-order valence-corrected chi connectivity index (χ1v) is 7.96. The number of aromatic nitrogens is 3. The Morgan fingerprint density at radius 2 is 1.87 bits per heavy atom. The lowest BCUT2D eigenvalue weighted by Crippen LogP contribution is -2.47. The van der Waals surface area contributed by atoms with Gasteiger partial charge >= 0.3 is 0 Å². The molecule has 122 valence electrons. The van der Waals surface area contributed by atoms with E-state index in [1.807, 2.05) is 12.1 Å². The largest absolute Gasteiger partial charge is 0.369 e. The van der Waals surface area contributed by atoms with Crippen LogP contribution in [0.2, 0.25) is 0 Å². The van der Waals surface area contributed by atoms with Gasteiger partial charge in [-0.05, 0) is 18.6 Å². The third-order valence-electron chi connectivity index (χ3n) is 3.86. The van der Waals surface area contributed by atoms with Crippen LogP contribution in [0.25, 0.3) is 0 Å². The summed E-state index contributed by atoms with van der Waals surface area (Å²) in [6.07, 6.45) is 2.66. The van der Waals surface area contributed by atoms with Crippen molar-refractivity contribution in [3.05, 3.63) is 36.3 Å². The average Bonchev–Trinajstić information content (AvgIpc) is 2.61. The molecule has 2 heterocycles. The second-order valence-corrected chi connectivity index (χ2v) is 5.49. The SMILES string of the molecule is CCCNc1cnnc(N2CCN(c3ccccc3F)CC2)n1. The van der Waals surface area contributed by atoms with Gasteiger partial charge in [-0.15, -0.1) is 5.10 Å². The third-order valence-corrected chi connectivity index (χ3v) is 3.86. The Morgan fingerprint density at radius 1 is 1.13 bits per heavy atom. The fourth-order valence-corrected chi connectivity index (χ4v) is 2.62.